The minimum absolute atomic E-state index is 0.0232. The van der Waals surface area contributed by atoms with Gasteiger partial charge in [0, 0.05) is 12.0 Å². The lowest BCUT2D eigenvalue weighted by atomic mass is 9.91. The van der Waals surface area contributed by atoms with Gasteiger partial charge in [-0.15, -0.1) is 0 Å². The number of hydrogen-bond acceptors (Lipinski definition) is 3. The molecule has 1 saturated heterocycles. The molecule has 1 aliphatic heterocycles. The second-order valence-corrected chi connectivity index (χ2v) is 8.24. The second-order valence-electron chi connectivity index (χ2n) is 8.24. The first-order chi connectivity index (χ1) is 13.8. The average Bonchev–Trinajstić information content (AvgIpc) is 3.48. The summed E-state index contributed by atoms with van der Waals surface area (Å²) in [7, 11) is 0. The zero-order valence-corrected chi connectivity index (χ0v) is 16.7. The molecular formula is C23H25N3O3. The molecule has 1 atom stereocenters. The maximum Gasteiger partial charge on any atom is 0.325 e. The van der Waals surface area contributed by atoms with E-state index in [9.17, 15) is 14.4 Å². The van der Waals surface area contributed by atoms with Crippen molar-refractivity contribution in [1.82, 2.24) is 15.5 Å². The van der Waals surface area contributed by atoms with Crippen molar-refractivity contribution in [2.45, 2.75) is 37.6 Å². The first kappa shape index (κ1) is 19.2. The number of carbonyl (C=O) groups is 3. The van der Waals surface area contributed by atoms with Gasteiger partial charge in [0.15, 0.2) is 0 Å². The summed E-state index contributed by atoms with van der Waals surface area (Å²) in [6.07, 6.45) is 2.04. The number of urea groups is 1. The molecule has 4 amide bonds. The molecule has 2 N–H and O–H groups in total. The van der Waals surface area contributed by atoms with E-state index in [1.54, 1.807) is 6.92 Å². The fourth-order valence-electron chi connectivity index (χ4n) is 3.90. The van der Waals surface area contributed by atoms with Crippen LogP contribution in [0, 0.1) is 6.92 Å². The summed E-state index contributed by atoms with van der Waals surface area (Å²) in [6.45, 7) is 3.86. The van der Waals surface area contributed by atoms with Crippen molar-refractivity contribution in [1.29, 1.82) is 0 Å². The predicted octanol–water partition coefficient (Wildman–Crippen LogP) is 2.61. The molecule has 1 aliphatic carbocycles. The molecule has 2 aromatic rings. The largest absolute Gasteiger partial charge is 0.354 e. The Kier molecular flexibility index (Phi) is 4.65. The highest BCUT2D eigenvalue weighted by atomic mass is 16.2. The molecule has 2 aromatic carbocycles. The summed E-state index contributed by atoms with van der Waals surface area (Å²) in [5.41, 5.74) is 1.79. The fourth-order valence-corrected chi connectivity index (χ4v) is 3.90. The Morgan fingerprint density at radius 2 is 1.69 bits per heavy atom. The van der Waals surface area contributed by atoms with E-state index >= 15 is 0 Å². The monoisotopic (exact) mass is 391 g/mol. The highest BCUT2D eigenvalue weighted by molar-refractivity contribution is 6.09. The van der Waals surface area contributed by atoms with Gasteiger partial charge in [-0.25, -0.2) is 4.79 Å². The van der Waals surface area contributed by atoms with Crippen molar-refractivity contribution in [3.63, 3.8) is 0 Å². The Balaban J connectivity index is 1.40. The topological polar surface area (TPSA) is 78.5 Å². The molecule has 6 heteroatoms. The molecule has 29 heavy (non-hydrogen) atoms. The Bertz CT molecular complexity index is 951. The number of amides is 4. The number of carbonyl (C=O) groups excluding carboxylic acids is 3. The van der Waals surface area contributed by atoms with E-state index in [4.69, 9.17) is 0 Å². The zero-order chi connectivity index (χ0) is 20.6. The van der Waals surface area contributed by atoms with Crippen molar-refractivity contribution in [2.75, 3.05) is 13.1 Å². The maximum absolute atomic E-state index is 13.0. The first-order valence-electron chi connectivity index (χ1n) is 9.88. The van der Waals surface area contributed by atoms with E-state index in [2.05, 4.69) is 22.8 Å². The van der Waals surface area contributed by atoms with Crippen LogP contribution in [-0.2, 0) is 20.5 Å². The van der Waals surface area contributed by atoms with E-state index in [-0.39, 0.29) is 17.9 Å². The van der Waals surface area contributed by atoms with Crippen LogP contribution < -0.4 is 10.6 Å². The van der Waals surface area contributed by atoms with Crippen LogP contribution in [0.25, 0.3) is 0 Å². The standard InChI is InChI=1S/C23H25N3O3/c1-16-8-10-17(11-9-16)22(2)20(28)26(21(29)25-22)14-19(27)24-15-23(12-13-23)18-6-4-3-5-7-18/h3-11H,12-15H2,1-2H3,(H,24,27)(H,25,29). The average molecular weight is 391 g/mol. The fraction of sp³-hybridized carbons (Fsp3) is 0.348. The van der Waals surface area contributed by atoms with Crippen LogP contribution in [0.3, 0.4) is 0 Å². The molecule has 150 valence electrons. The van der Waals surface area contributed by atoms with Crippen LogP contribution in [0.5, 0.6) is 0 Å². The Hall–Kier alpha value is -3.15. The van der Waals surface area contributed by atoms with Gasteiger partial charge in [-0.05, 0) is 37.8 Å². The highest BCUT2D eigenvalue weighted by Crippen LogP contribution is 2.47. The van der Waals surface area contributed by atoms with Gasteiger partial charge >= 0.3 is 6.03 Å². The van der Waals surface area contributed by atoms with Crippen molar-refractivity contribution < 1.29 is 14.4 Å². The van der Waals surface area contributed by atoms with Crippen LogP contribution >= 0.6 is 0 Å². The molecule has 1 heterocycles. The SMILES string of the molecule is Cc1ccc(C2(C)NC(=O)N(CC(=O)NCC3(c4ccccc4)CC3)C2=O)cc1. The van der Waals surface area contributed by atoms with Crippen LogP contribution in [0.2, 0.25) is 0 Å². The minimum Gasteiger partial charge on any atom is -0.354 e. The van der Waals surface area contributed by atoms with Gasteiger partial charge in [0.2, 0.25) is 5.91 Å². The highest BCUT2D eigenvalue weighted by Gasteiger charge is 2.50. The molecular weight excluding hydrogens is 366 g/mol. The number of nitrogens with zero attached hydrogens (tertiary/aromatic N) is 1. The third-order valence-electron chi connectivity index (χ3n) is 6.07. The van der Waals surface area contributed by atoms with Gasteiger partial charge in [-0.2, -0.15) is 0 Å². The molecule has 0 bridgehead atoms. The first-order valence-corrected chi connectivity index (χ1v) is 9.88. The van der Waals surface area contributed by atoms with Gasteiger partial charge in [-0.1, -0.05) is 60.2 Å². The van der Waals surface area contributed by atoms with Crippen molar-refractivity contribution >= 4 is 17.8 Å². The Morgan fingerprint density at radius 3 is 2.31 bits per heavy atom. The Labute approximate surface area is 170 Å². The third kappa shape index (κ3) is 3.50. The van der Waals surface area contributed by atoms with E-state index in [0.29, 0.717) is 12.1 Å². The van der Waals surface area contributed by atoms with Crippen molar-refractivity contribution in [3.05, 3.63) is 71.3 Å². The number of aryl methyl sites for hydroxylation is 1. The zero-order valence-electron chi connectivity index (χ0n) is 16.7. The van der Waals surface area contributed by atoms with Gasteiger partial charge in [0.25, 0.3) is 5.91 Å². The molecule has 1 unspecified atom stereocenters. The normalized spacial score (nSPS) is 22.3. The Morgan fingerprint density at radius 1 is 1.03 bits per heavy atom. The van der Waals surface area contributed by atoms with Crippen LogP contribution in [-0.4, -0.2) is 35.8 Å². The lowest BCUT2D eigenvalue weighted by Crippen LogP contribution is -2.44. The van der Waals surface area contributed by atoms with Crippen molar-refractivity contribution in [2.24, 2.45) is 0 Å². The van der Waals surface area contributed by atoms with Gasteiger partial charge < -0.3 is 10.6 Å². The predicted molar refractivity (Wildman–Crippen MR) is 109 cm³/mol. The van der Waals surface area contributed by atoms with E-state index in [1.165, 1.54) is 5.56 Å². The molecule has 0 spiro atoms. The van der Waals surface area contributed by atoms with Crippen molar-refractivity contribution in [3.8, 4) is 0 Å². The molecule has 1 saturated carbocycles. The molecule has 2 aliphatic rings. The molecule has 0 aromatic heterocycles. The van der Waals surface area contributed by atoms with E-state index in [1.807, 2.05) is 49.4 Å². The van der Waals surface area contributed by atoms with Crippen LogP contribution in [0.1, 0.15) is 36.5 Å². The molecule has 4 rings (SSSR count). The van der Waals surface area contributed by atoms with E-state index in [0.717, 1.165) is 23.3 Å². The summed E-state index contributed by atoms with van der Waals surface area (Å²) in [5, 5.41) is 5.65. The lowest BCUT2D eigenvalue weighted by molar-refractivity contribution is -0.134. The molecule has 6 nitrogen and oxygen atoms in total. The minimum atomic E-state index is -1.16. The smallest absolute Gasteiger partial charge is 0.325 e. The lowest BCUT2D eigenvalue weighted by Gasteiger charge is -2.22. The number of imide groups is 1. The third-order valence-corrected chi connectivity index (χ3v) is 6.07. The number of nitrogens with one attached hydrogen (secondary N) is 2. The van der Waals surface area contributed by atoms with Gasteiger partial charge in [0.05, 0.1) is 0 Å². The van der Waals surface area contributed by atoms with Crippen LogP contribution in [0.4, 0.5) is 4.79 Å². The van der Waals surface area contributed by atoms with Crippen LogP contribution in [0.15, 0.2) is 54.6 Å². The second kappa shape index (κ2) is 7.03. The summed E-state index contributed by atoms with van der Waals surface area (Å²) in [5.74, 6) is -0.741. The molecule has 0 radical (unpaired) electrons. The maximum atomic E-state index is 13.0. The summed E-state index contributed by atoms with van der Waals surface area (Å²) >= 11 is 0. The van der Waals surface area contributed by atoms with E-state index < -0.39 is 17.5 Å². The molecule has 2 fully saturated rings. The van der Waals surface area contributed by atoms with Gasteiger partial charge in [0.1, 0.15) is 12.1 Å². The van der Waals surface area contributed by atoms with Gasteiger partial charge in [-0.3, -0.25) is 14.5 Å². The summed E-state index contributed by atoms with van der Waals surface area (Å²) < 4.78 is 0. The number of rotatable bonds is 6. The summed E-state index contributed by atoms with van der Waals surface area (Å²) in [4.78, 5) is 38.9. The number of benzene rings is 2. The quantitative estimate of drug-likeness (QED) is 0.743. The number of hydrogen-bond donors (Lipinski definition) is 2. The summed E-state index contributed by atoms with van der Waals surface area (Å²) in [6, 6.07) is 17.0.